The van der Waals surface area contributed by atoms with Gasteiger partial charge in [-0.2, -0.15) is 0 Å². The molecule has 0 aliphatic heterocycles. The molecule has 2 heterocycles. The number of imidazole rings is 1. The largest absolute Gasteiger partial charge is 1.00 e. The number of pyridine rings is 1. The Bertz CT molecular complexity index is 656. The summed E-state index contributed by atoms with van der Waals surface area (Å²) in [4.78, 5) is 4.60. The molecule has 0 fully saturated rings. The second-order valence-electron chi connectivity index (χ2n) is 4.78. The molecule has 20 heavy (non-hydrogen) atoms. The molecular weight excluding hydrogens is 363 g/mol. The zero-order valence-corrected chi connectivity index (χ0v) is 13.6. The van der Waals surface area contributed by atoms with Crippen molar-refractivity contribution in [2.24, 2.45) is 0 Å². The van der Waals surface area contributed by atoms with Gasteiger partial charge in [-0.05, 0) is 50.2 Å². The molecule has 0 atom stereocenters. The molecule has 0 aliphatic carbocycles. The van der Waals surface area contributed by atoms with E-state index in [-0.39, 0.29) is 30.1 Å². The fraction of sp³-hybridized carbons (Fsp3) is 0.188. The minimum Gasteiger partial charge on any atom is -1.00 e. The van der Waals surface area contributed by atoms with Crippen LogP contribution in [-0.2, 0) is 0 Å². The van der Waals surface area contributed by atoms with Gasteiger partial charge in [0.2, 0.25) is 0 Å². The van der Waals surface area contributed by atoms with Crippen molar-refractivity contribution in [1.82, 2.24) is 9.38 Å². The van der Waals surface area contributed by atoms with E-state index in [9.17, 15) is 0 Å². The summed E-state index contributed by atoms with van der Waals surface area (Å²) in [7, 11) is 0. The summed E-state index contributed by atoms with van der Waals surface area (Å²) in [5.41, 5.74) is 3.03. The topological polar surface area (TPSA) is 26.5 Å². The Morgan fingerprint density at radius 1 is 1.05 bits per heavy atom. The second-order valence-corrected chi connectivity index (χ2v) is 4.78. The van der Waals surface area contributed by atoms with Crippen LogP contribution in [0.5, 0.6) is 5.75 Å². The van der Waals surface area contributed by atoms with E-state index in [0.717, 1.165) is 22.7 Å². The maximum absolute atomic E-state index is 5.64. The molecule has 0 saturated heterocycles. The number of aromatic nitrogens is 2. The summed E-state index contributed by atoms with van der Waals surface area (Å²) in [5.74, 6) is 0.891. The normalized spacial score (nSPS) is 10.6. The molecule has 0 saturated carbocycles. The predicted octanol–water partition coefficient (Wildman–Crippen LogP) is 0.792. The summed E-state index contributed by atoms with van der Waals surface area (Å²) in [6, 6.07) is 14.0. The SMILES string of the molecule is CC(C)Oc1ccc(-c2cn3ccccc3n2)cc1.[I-]. The first-order chi connectivity index (χ1) is 9.22. The lowest BCUT2D eigenvalue weighted by Crippen LogP contribution is -3.00. The van der Waals surface area contributed by atoms with Crippen LogP contribution >= 0.6 is 0 Å². The maximum Gasteiger partial charge on any atom is 0.137 e. The van der Waals surface area contributed by atoms with Crippen molar-refractivity contribution in [2.75, 3.05) is 0 Å². The zero-order chi connectivity index (χ0) is 13.2. The van der Waals surface area contributed by atoms with E-state index in [4.69, 9.17) is 4.74 Å². The minimum absolute atomic E-state index is 0. The Morgan fingerprint density at radius 2 is 1.80 bits per heavy atom. The first kappa shape index (κ1) is 14.8. The highest BCUT2D eigenvalue weighted by Gasteiger charge is 2.04. The van der Waals surface area contributed by atoms with Gasteiger partial charge in [-0.15, -0.1) is 0 Å². The number of rotatable bonds is 3. The van der Waals surface area contributed by atoms with Gasteiger partial charge in [0.1, 0.15) is 11.4 Å². The highest BCUT2D eigenvalue weighted by molar-refractivity contribution is 5.63. The molecule has 0 radical (unpaired) electrons. The molecule has 0 N–H and O–H groups in total. The summed E-state index contributed by atoms with van der Waals surface area (Å²) in [6.45, 7) is 4.05. The van der Waals surface area contributed by atoms with Gasteiger partial charge in [-0.3, -0.25) is 0 Å². The third-order valence-electron chi connectivity index (χ3n) is 2.89. The first-order valence-corrected chi connectivity index (χ1v) is 6.43. The minimum atomic E-state index is 0. The summed E-state index contributed by atoms with van der Waals surface area (Å²) < 4.78 is 7.66. The molecule has 3 rings (SSSR count). The van der Waals surface area contributed by atoms with Gasteiger partial charge in [-0.1, -0.05) is 6.07 Å². The van der Waals surface area contributed by atoms with E-state index in [0.29, 0.717) is 0 Å². The molecule has 4 heteroatoms. The summed E-state index contributed by atoms with van der Waals surface area (Å²) in [6.07, 6.45) is 4.23. The molecule has 2 aromatic heterocycles. The van der Waals surface area contributed by atoms with Crippen LogP contribution in [0.15, 0.2) is 54.9 Å². The van der Waals surface area contributed by atoms with Crippen molar-refractivity contribution in [1.29, 1.82) is 0 Å². The van der Waals surface area contributed by atoms with Crippen molar-refractivity contribution in [3.8, 4) is 17.0 Å². The fourth-order valence-electron chi connectivity index (χ4n) is 2.05. The monoisotopic (exact) mass is 379 g/mol. The van der Waals surface area contributed by atoms with Crippen LogP contribution in [0.1, 0.15) is 13.8 Å². The van der Waals surface area contributed by atoms with E-state index < -0.39 is 0 Å². The number of halogens is 1. The molecular formula is C16H16IN2O-. The summed E-state index contributed by atoms with van der Waals surface area (Å²) in [5, 5.41) is 0. The average molecular weight is 379 g/mol. The van der Waals surface area contributed by atoms with Crippen LogP contribution in [0.25, 0.3) is 16.9 Å². The first-order valence-electron chi connectivity index (χ1n) is 6.43. The van der Waals surface area contributed by atoms with Gasteiger partial charge >= 0.3 is 0 Å². The van der Waals surface area contributed by atoms with E-state index in [1.807, 2.05) is 73.1 Å². The fourth-order valence-corrected chi connectivity index (χ4v) is 2.05. The third kappa shape index (κ3) is 3.12. The van der Waals surface area contributed by atoms with E-state index >= 15 is 0 Å². The molecule has 104 valence electrons. The lowest BCUT2D eigenvalue weighted by molar-refractivity contribution is -0.00000521. The van der Waals surface area contributed by atoms with Crippen molar-refractivity contribution in [3.63, 3.8) is 0 Å². The maximum atomic E-state index is 5.64. The number of ether oxygens (including phenoxy) is 1. The quantitative estimate of drug-likeness (QED) is 0.630. The molecule has 0 amide bonds. The molecule has 3 aromatic rings. The molecule has 0 aliphatic rings. The Kier molecular flexibility index (Phi) is 4.65. The average Bonchev–Trinajstić information content (AvgIpc) is 2.82. The standard InChI is InChI=1S/C16H16N2O.HI/c1-12(2)19-14-8-6-13(7-9-14)15-11-18-10-4-3-5-16(18)17-15;/h3-12H,1-2H3;1H/p-1. The molecule has 0 unspecified atom stereocenters. The number of benzene rings is 1. The highest BCUT2D eigenvalue weighted by atomic mass is 127. The third-order valence-corrected chi connectivity index (χ3v) is 2.89. The van der Waals surface area contributed by atoms with Crippen molar-refractivity contribution < 1.29 is 28.7 Å². The van der Waals surface area contributed by atoms with Crippen LogP contribution in [0.2, 0.25) is 0 Å². The van der Waals surface area contributed by atoms with Gasteiger partial charge in [0.05, 0.1) is 11.8 Å². The lowest BCUT2D eigenvalue weighted by atomic mass is 10.1. The smallest absolute Gasteiger partial charge is 0.137 e. The van der Waals surface area contributed by atoms with Crippen LogP contribution in [-0.4, -0.2) is 15.5 Å². The van der Waals surface area contributed by atoms with Crippen LogP contribution in [0, 0.1) is 0 Å². The highest BCUT2D eigenvalue weighted by Crippen LogP contribution is 2.22. The van der Waals surface area contributed by atoms with Crippen LogP contribution < -0.4 is 28.7 Å². The lowest BCUT2D eigenvalue weighted by Gasteiger charge is -2.09. The van der Waals surface area contributed by atoms with E-state index in [2.05, 4.69) is 4.98 Å². The Labute approximate surface area is 135 Å². The number of hydrogen-bond donors (Lipinski definition) is 0. The Balaban J connectivity index is 0.00000147. The van der Waals surface area contributed by atoms with Crippen LogP contribution in [0.4, 0.5) is 0 Å². The van der Waals surface area contributed by atoms with Crippen molar-refractivity contribution in [2.45, 2.75) is 20.0 Å². The molecule has 3 nitrogen and oxygen atoms in total. The predicted molar refractivity (Wildman–Crippen MR) is 76.4 cm³/mol. The van der Waals surface area contributed by atoms with Gasteiger partial charge in [0.25, 0.3) is 0 Å². The van der Waals surface area contributed by atoms with Crippen molar-refractivity contribution in [3.05, 3.63) is 54.9 Å². The molecule has 0 bridgehead atoms. The van der Waals surface area contributed by atoms with Gasteiger partial charge in [0.15, 0.2) is 0 Å². The van der Waals surface area contributed by atoms with Gasteiger partial charge in [-0.25, -0.2) is 4.98 Å². The summed E-state index contributed by atoms with van der Waals surface area (Å²) >= 11 is 0. The number of hydrogen-bond acceptors (Lipinski definition) is 2. The number of fused-ring (bicyclic) bond motifs is 1. The van der Waals surface area contributed by atoms with E-state index in [1.54, 1.807) is 0 Å². The van der Waals surface area contributed by atoms with Crippen molar-refractivity contribution >= 4 is 5.65 Å². The van der Waals surface area contributed by atoms with Gasteiger partial charge < -0.3 is 33.1 Å². The van der Waals surface area contributed by atoms with E-state index in [1.165, 1.54) is 0 Å². The molecule has 0 spiro atoms. The molecule has 1 aromatic carbocycles. The van der Waals surface area contributed by atoms with Crippen LogP contribution in [0.3, 0.4) is 0 Å². The number of nitrogens with zero attached hydrogens (tertiary/aromatic N) is 2. The second kappa shape index (κ2) is 6.26. The van der Waals surface area contributed by atoms with Gasteiger partial charge in [0, 0.05) is 18.0 Å². The zero-order valence-electron chi connectivity index (χ0n) is 11.5. The Morgan fingerprint density at radius 3 is 2.45 bits per heavy atom. The Hall–Kier alpha value is -1.56.